The van der Waals surface area contributed by atoms with E-state index in [4.69, 9.17) is 5.11 Å². The molecular weight excluding hydrogens is 138 g/mol. The maximum Gasteiger partial charge on any atom is 0.0471 e. The highest BCUT2D eigenvalue weighted by atomic mass is 16.3. The first-order valence-electron chi connectivity index (χ1n) is 4.25. The second-order valence-corrected chi connectivity index (χ2v) is 3.33. The lowest BCUT2D eigenvalue weighted by Gasteiger charge is -2.27. The average molecular weight is 155 g/mol. The van der Waals surface area contributed by atoms with Crippen LogP contribution in [0.1, 0.15) is 13.8 Å². The van der Waals surface area contributed by atoms with E-state index in [0.717, 1.165) is 13.1 Å². The normalized spacial score (nSPS) is 23.9. The highest BCUT2D eigenvalue weighted by molar-refractivity contribution is 4.97. The molecule has 0 saturated heterocycles. The minimum absolute atomic E-state index is 0.289. The van der Waals surface area contributed by atoms with Crippen LogP contribution in [0, 0.1) is 5.92 Å². The van der Waals surface area contributed by atoms with Crippen LogP contribution in [0.5, 0.6) is 0 Å². The van der Waals surface area contributed by atoms with E-state index in [1.54, 1.807) is 0 Å². The van der Waals surface area contributed by atoms with Crippen LogP contribution in [-0.4, -0.2) is 35.7 Å². The maximum atomic E-state index is 8.92. The molecule has 0 radical (unpaired) electrons. The maximum absolute atomic E-state index is 8.92. The van der Waals surface area contributed by atoms with Gasteiger partial charge in [0.25, 0.3) is 0 Å². The molecule has 0 aromatic heterocycles. The van der Waals surface area contributed by atoms with E-state index in [-0.39, 0.29) is 6.61 Å². The van der Waals surface area contributed by atoms with E-state index in [0.29, 0.717) is 12.0 Å². The molecule has 1 heterocycles. The standard InChI is InChI=1S/C9H17NO/c1-8(7-11)9(2)10-5-3-4-6-10/h3-4,8-9,11H,5-7H2,1-2H3. The molecule has 11 heavy (non-hydrogen) atoms. The summed E-state index contributed by atoms with van der Waals surface area (Å²) in [7, 11) is 0. The molecule has 1 rings (SSSR count). The van der Waals surface area contributed by atoms with Gasteiger partial charge in [0.15, 0.2) is 0 Å². The van der Waals surface area contributed by atoms with Crippen molar-refractivity contribution in [2.45, 2.75) is 19.9 Å². The number of nitrogens with zero attached hydrogens (tertiary/aromatic N) is 1. The van der Waals surface area contributed by atoms with Gasteiger partial charge >= 0.3 is 0 Å². The molecule has 0 spiro atoms. The third-order valence-electron chi connectivity index (χ3n) is 2.53. The molecule has 2 nitrogen and oxygen atoms in total. The Labute approximate surface area is 68.5 Å². The van der Waals surface area contributed by atoms with Crippen molar-refractivity contribution >= 4 is 0 Å². The van der Waals surface area contributed by atoms with E-state index < -0.39 is 0 Å². The topological polar surface area (TPSA) is 23.5 Å². The number of aliphatic hydroxyl groups is 1. The lowest BCUT2D eigenvalue weighted by atomic mass is 10.0. The molecule has 0 aromatic rings. The Morgan fingerprint density at radius 3 is 2.36 bits per heavy atom. The molecule has 2 heteroatoms. The van der Waals surface area contributed by atoms with Crippen LogP contribution in [0.2, 0.25) is 0 Å². The lowest BCUT2D eigenvalue weighted by Crippen LogP contribution is -2.36. The van der Waals surface area contributed by atoms with Gasteiger partial charge in [-0.05, 0) is 12.8 Å². The second kappa shape index (κ2) is 3.88. The molecule has 0 aromatic carbocycles. The molecule has 0 bridgehead atoms. The Morgan fingerprint density at radius 1 is 1.36 bits per heavy atom. The highest BCUT2D eigenvalue weighted by Crippen LogP contribution is 2.12. The van der Waals surface area contributed by atoms with Crippen LogP contribution in [0.15, 0.2) is 12.2 Å². The second-order valence-electron chi connectivity index (χ2n) is 3.33. The summed E-state index contributed by atoms with van der Waals surface area (Å²) < 4.78 is 0. The number of aliphatic hydroxyl groups excluding tert-OH is 1. The van der Waals surface area contributed by atoms with Crippen molar-refractivity contribution in [3.05, 3.63) is 12.2 Å². The summed E-state index contributed by atoms with van der Waals surface area (Å²) in [5.74, 6) is 0.384. The van der Waals surface area contributed by atoms with Gasteiger partial charge < -0.3 is 5.11 Å². The van der Waals surface area contributed by atoms with Crippen molar-refractivity contribution < 1.29 is 5.11 Å². The van der Waals surface area contributed by atoms with Crippen molar-refractivity contribution in [2.75, 3.05) is 19.7 Å². The summed E-state index contributed by atoms with van der Waals surface area (Å²) in [6, 6.07) is 0.495. The fourth-order valence-corrected chi connectivity index (χ4v) is 1.34. The number of rotatable bonds is 3. The first-order chi connectivity index (χ1) is 5.25. The van der Waals surface area contributed by atoms with E-state index in [1.165, 1.54) is 0 Å². The van der Waals surface area contributed by atoms with Crippen molar-refractivity contribution in [1.29, 1.82) is 0 Å². The Morgan fingerprint density at radius 2 is 1.91 bits per heavy atom. The van der Waals surface area contributed by atoms with Crippen LogP contribution in [0.4, 0.5) is 0 Å². The first-order valence-corrected chi connectivity index (χ1v) is 4.25. The predicted molar refractivity (Wildman–Crippen MR) is 46.4 cm³/mol. The van der Waals surface area contributed by atoms with Gasteiger partial charge in [0, 0.05) is 25.7 Å². The Hall–Kier alpha value is -0.340. The van der Waals surface area contributed by atoms with Crippen LogP contribution < -0.4 is 0 Å². The molecule has 0 saturated carbocycles. The molecule has 0 fully saturated rings. The zero-order valence-corrected chi connectivity index (χ0v) is 7.33. The summed E-state index contributed by atoms with van der Waals surface area (Å²) in [5, 5.41) is 8.92. The Balaban J connectivity index is 2.34. The van der Waals surface area contributed by atoms with Gasteiger partial charge in [-0.1, -0.05) is 19.1 Å². The third kappa shape index (κ3) is 2.04. The SMILES string of the molecule is CC(CO)C(C)N1CC=CC1. The van der Waals surface area contributed by atoms with Crippen LogP contribution in [0.3, 0.4) is 0 Å². The Kier molecular flexibility index (Phi) is 3.09. The van der Waals surface area contributed by atoms with Gasteiger partial charge in [0.05, 0.1) is 0 Å². The van der Waals surface area contributed by atoms with Crippen molar-refractivity contribution in [3.63, 3.8) is 0 Å². The lowest BCUT2D eigenvalue weighted by molar-refractivity contribution is 0.141. The minimum Gasteiger partial charge on any atom is -0.396 e. The molecule has 0 amide bonds. The highest BCUT2D eigenvalue weighted by Gasteiger charge is 2.19. The van der Waals surface area contributed by atoms with Crippen molar-refractivity contribution in [2.24, 2.45) is 5.92 Å². The van der Waals surface area contributed by atoms with Gasteiger partial charge in [0.1, 0.15) is 0 Å². The molecule has 0 aliphatic carbocycles. The van der Waals surface area contributed by atoms with Crippen LogP contribution in [-0.2, 0) is 0 Å². The third-order valence-corrected chi connectivity index (χ3v) is 2.53. The van der Waals surface area contributed by atoms with Gasteiger partial charge in [-0.3, -0.25) is 4.90 Å². The zero-order valence-electron chi connectivity index (χ0n) is 7.33. The smallest absolute Gasteiger partial charge is 0.0471 e. The van der Waals surface area contributed by atoms with Crippen molar-refractivity contribution in [3.8, 4) is 0 Å². The van der Waals surface area contributed by atoms with E-state index in [9.17, 15) is 0 Å². The quantitative estimate of drug-likeness (QED) is 0.611. The Bertz CT molecular complexity index is 136. The van der Waals surface area contributed by atoms with Crippen LogP contribution in [0.25, 0.3) is 0 Å². The van der Waals surface area contributed by atoms with E-state index in [2.05, 4.69) is 30.9 Å². The van der Waals surface area contributed by atoms with E-state index >= 15 is 0 Å². The molecule has 2 unspecified atom stereocenters. The average Bonchev–Trinajstić information content (AvgIpc) is 2.53. The minimum atomic E-state index is 0.289. The van der Waals surface area contributed by atoms with Crippen LogP contribution >= 0.6 is 0 Å². The monoisotopic (exact) mass is 155 g/mol. The zero-order chi connectivity index (χ0) is 8.27. The first kappa shape index (κ1) is 8.75. The predicted octanol–water partition coefficient (Wildman–Crippen LogP) is 0.875. The molecular formula is C9H17NO. The summed E-state index contributed by atoms with van der Waals surface area (Å²) in [5.41, 5.74) is 0. The largest absolute Gasteiger partial charge is 0.396 e. The van der Waals surface area contributed by atoms with Gasteiger partial charge in [-0.15, -0.1) is 0 Å². The van der Waals surface area contributed by atoms with E-state index in [1.807, 2.05) is 0 Å². The summed E-state index contributed by atoms with van der Waals surface area (Å²) in [6.07, 6.45) is 4.36. The van der Waals surface area contributed by atoms with Crippen molar-refractivity contribution in [1.82, 2.24) is 4.90 Å². The van der Waals surface area contributed by atoms with Gasteiger partial charge in [-0.25, -0.2) is 0 Å². The number of hydrogen-bond donors (Lipinski definition) is 1. The fraction of sp³-hybridized carbons (Fsp3) is 0.778. The summed E-state index contributed by atoms with van der Waals surface area (Å²) in [6.45, 7) is 6.64. The van der Waals surface area contributed by atoms with Gasteiger partial charge in [0.2, 0.25) is 0 Å². The fourth-order valence-electron chi connectivity index (χ4n) is 1.34. The molecule has 1 N–H and O–H groups in total. The molecule has 1 aliphatic heterocycles. The molecule has 1 aliphatic rings. The van der Waals surface area contributed by atoms with Gasteiger partial charge in [-0.2, -0.15) is 0 Å². The summed E-state index contributed by atoms with van der Waals surface area (Å²) in [4.78, 5) is 2.36. The molecule has 64 valence electrons. The molecule has 2 atom stereocenters. The summed E-state index contributed by atoms with van der Waals surface area (Å²) >= 11 is 0. The number of hydrogen-bond acceptors (Lipinski definition) is 2.